The average molecular weight is 213 g/mol. The number of hydrogen-bond donors (Lipinski definition) is 2. The second kappa shape index (κ2) is 3.67. The monoisotopic (exact) mass is 212 g/mol. The molecule has 4 heteroatoms. The fourth-order valence-corrected chi connectivity index (χ4v) is 1.53. The number of anilines is 2. The Morgan fingerprint density at radius 3 is 2.79 bits per heavy atom. The minimum absolute atomic E-state index is 0.371. The molecule has 0 spiro atoms. The van der Waals surface area contributed by atoms with Crippen LogP contribution in [0.15, 0.2) is 12.1 Å². The smallest absolute Gasteiger partial charge is 0.0729 e. The molecule has 0 bridgehead atoms. The molecule has 1 aliphatic heterocycles. The molecule has 0 amide bonds. The van der Waals surface area contributed by atoms with Gasteiger partial charge in [-0.25, -0.2) is 0 Å². The SMILES string of the molecule is Cc1cc(N)c(NC2COC2)cc1Cl. The molecule has 1 saturated heterocycles. The summed E-state index contributed by atoms with van der Waals surface area (Å²) in [5, 5.41) is 4.02. The van der Waals surface area contributed by atoms with E-state index in [1.807, 2.05) is 19.1 Å². The maximum absolute atomic E-state index is 6.00. The Balaban J connectivity index is 2.19. The second-order valence-corrected chi connectivity index (χ2v) is 3.97. The molecular formula is C10H13ClN2O. The van der Waals surface area contributed by atoms with Gasteiger partial charge >= 0.3 is 0 Å². The lowest BCUT2D eigenvalue weighted by molar-refractivity contribution is 0.0211. The molecule has 0 aliphatic carbocycles. The molecule has 76 valence electrons. The Labute approximate surface area is 88.2 Å². The maximum atomic E-state index is 6.00. The Hall–Kier alpha value is -0.930. The van der Waals surface area contributed by atoms with Crippen LogP contribution in [-0.4, -0.2) is 19.3 Å². The first kappa shape index (κ1) is 9.62. The summed E-state index contributed by atoms with van der Waals surface area (Å²) in [7, 11) is 0. The summed E-state index contributed by atoms with van der Waals surface area (Å²) < 4.78 is 5.06. The predicted octanol–water partition coefficient (Wildman–Crippen LogP) is 2.04. The molecule has 0 saturated carbocycles. The van der Waals surface area contributed by atoms with Crippen LogP contribution in [0.3, 0.4) is 0 Å². The number of aryl methyl sites for hydroxylation is 1. The number of rotatable bonds is 2. The van der Waals surface area contributed by atoms with Crippen molar-refractivity contribution in [3.05, 3.63) is 22.7 Å². The van der Waals surface area contributed by atoms with Crippen LogP contribution in [0.1, 0.15) is 5.56 Å². The van der Waals surface area contributed by atoms with E-state index in [0.29, 0.717) is 6.04 Å². The minimum atomic E-state index is 0.371. The van der Waals surface area contributed by atoms with Gasteiger partial charge in [-0.05, 0) is 24.6 Å². The first-order valence-corrected chi connectivity index (χ1v) is 4.94. The molecule has 1 aliphatic rings. The molecule has 3 N–H and O–H groups in total. The summed E-state index contributed by atoms with van der Waals surface area (Å²) in [4.78, 5) is 0. The summed E-state index contributed by atoms with van der Waals surface area (Å²) in [6.45, 7) is 3.42. The van der Waals surface area contributed by atoms with Gasteiger partial charge in [-0.1, -0.05) is 11.6 Å². The standard InChI is InChI=1S/C10H13ClN2O/c1-6-2-9(12)10(3-8(6)11)13-7-4-14-5-7/h2-3,7,13H,4-5,12H2,1H3. The summed E-state index contributed by atoms with van der Waals surface area (Å²) in [6.07, 6.45) is 0. The molecule has 14 heavy (non-hydrogen) atoms. The molecule has 1 heterocycles. The van der Waals surface area contributed by atoms with Crippen LogP contribution in [0.25, 0.3) is 0 Å². The second-order valence-electron chi connectivity index (χ2n) is 3.57. The van der Waals surface area contributed by atoms with Crippen molar-refractivity contribution in [1.82, 2.24) is 0 Å². The Kier molecular flexibility index (Phi) is 2.52. The van der Waals surface area contributed by atoms with Gasteiger partial charge in [0.05, 0.1) is 30.6 Å². The van der Waals surface area contributed by atoms with E-state index in [4.69, 9.17) is 22.1 Å². The largest absolute Gasteiger partial charge is 0.397 e. The number of nitrogen functional groups attached to an aromatic ring is 1. The molecule has 0 atom stereocenters. The fraction of sp³-hybridized carbons (Fsp3) is 0.400. The van der Waals surface area contributed by atoms with E-state index < -0.39 is 0 Å². The van der Waals surface area contributed by atoms with Crippen LogP contribution in [0.5, 0.6) is 0 Å². The van der Waals surface area contributed by atoms with Crippen molar-refractivity contribution in [1.29, 1.82) is 0 Å². The highest BCUT2D eigenvalue weighted by Gasteiger charge is 2.18. The summed E-state index contributed by atoms with van der Waals surface area (Å²) in [5.41, 5.74) is 8.49. The molecule has 2 rings (SSSR count). The van der Waals surface area contributed by atoms with Crippen LogP contribution in [-0.2, 0) is 4.74 Å². The molecule has 0 radical (unpaired) electrons. The lowest BCUT2D eigenvalue weighted by Gasteiger charge is -2.28. The highest BCUT2D eigenvalue weighted by Crippen LogP contribution is 2.27. The number of hydrogen-bond acceptors (Lipinski definition) is 3. The summed E-state index contributed by atoms with van der Waals surface area (Å²) in [6, 6.07) is 4.12. The molecule has 1 aromatic carbocycles. The molecule has 0 aromatic heterocycles. The first-order valence-electron chi connectivity index (χ1n) is 4.56. The van der Waals surface area contributed by atoms with Gasteiger partial charge in [0.1, 0.15) is 0 Å². The van der Waals surface area contributed by atoms with Gasteiger partial charge in [-0.3, -0.25) is 0 Å². The number of nitrogens with one attached hydrogen (secondary N) is 1. The van der Waals surface area contributed by atoms with Crippen LogP contribution < -0.4 is 11.1 Å². The van der Waals surface area contributed by atoms with E-state index in [0.717, 1.165) is 35.2 Å². The van der Waals surface area contributed by atoms with E-state index in [1.165, 1.54) is 0 Å². The zero-order chi connectivity index (χ0) is 10.1. The highest BCUT2D eigenvalue weighted by atomic mass is 35.5. The van der Waals surface area contributed by atoms with Crippen LogP contribution in [0, 0.1) is 6.92 Å². The van der Waals surface area contributed by atoms with Gasteiger partial charge in [0.25, 0.3) is 0 Å². The lowest BCUT2D eigenvalue weighted by Crippen LogP contribution is -2.40. The van der Waals surface area contributed by atoms with Crippen LogP contribution in [0.4, 0.5) is 11.4 Å². The van der Waals surface area contributed by atoms with E-state index in [1.54, 1.807) is 0 Å². The van der Waals surface area contributed by atoms with E-state index in [-0.39, 0.29) is 0 Å². The Morgan fingerprint density at radius 2 is 2.21 bits per heavy atom. The van der Waals surface area contributed by atoms with Crippen molar-refractivity contribution < 1.29 is 4.74 Å². The Bertz CT molecular complexity index is 350. The first-order chi connectivity index (χ1) is 6.66. The molecular weight excluding hydrogens is 200 g/mol. The van der Waals surface area contributed by atoms with Gasteiger partial charge in [0.2, 0.25) is 0 Å². The normalized spacial score (nSPS) is 16.4. The average Bonchev–Trinajstić information content (AvgIpc) is 2.06. The third kappa shape index (κ3) is 1.79. The summed E-state index contributed by atoms with van der Waals surface area (Å²) >= 11 is 6.00. The lowest BCUT2D eigenvalue weighted by atomic mass is 10.1. The van der Waals surface area contributed by atoms with Gasteiger partial charge in [0.15, 0.2) is 0 Å². The number of halogens is 1. The van der Waals surface area contributed by atoms with Crippen molar-refractivity contribution in [2.45, 2.75) is 13.0 Å². The topological polar surface area (TPSA) is 47.3 Å². The molecule has 3 nitrogen and oxygen atoms in total. The van der Waals surface area contributed by atoms with Crippen LogP contribution in [0.2, 0.25) is 5.02 Å². The fourth-order valence-electron chi connectivity index (χ4n) is 1.37. The van der Waals surface area contributed by atoms with Crippen molar-refractivity contribution in [3.8, 4) is 0 Å². The number of nitrogens with two attached hydrogens (primary N) is 1. The number of benzene rings is 1. The summed E-state index contributed by atoms with van der Waals surface area (Å²) in [5.74, 6) is 0. The Morgan fingerprint density at radius 1 is 1.50 bits per heavy atom. The van der Waals surface area contributed by atoms with Crippen molar-refractivity contribution in [3.63, 3.8) is 0 Å². The van der Waals surface area contributed by atoms with Crippen molar-refractivity contribution in [2.24, 2.45) is 0 Å². The van der Waals surface area contributed by atoms with Crippen molar-refractivity contribution in [2.75, 3.05) is 24.3 Å². The van der Waals surface area contributed by atoms with Gasteiger partial charge in [-0.15, -0.1) is 0 Å². The molecule has 1 fully saturated rings. The van der Waals surface area contributed by atoms with E-state index >= 15 is 0 Å². The maximum Gasteiger partial charge on any atom is 0.0729 e. The number of ether oxygens (including phenoxy) is 1. The zero-order valence-electron chi connectivity index (χ0n) is 8.01. The minimum Gasteiger partial charge on any atom is -0.397 e. The van der Waals surface area contributed by atoms with Gasteiger partial charge in [-0.2, -0.15) is 0 Å². The zero-order valence-corrected chi connectivity index (χ0v) is 8.77. The highest BCUT2D eigenvalue weighted by molar-refractivity contribution is 6.31. The molecule has 1 aromatic rings. The van der Waals surface area contributed by atoms with Gasteiger partial charge < -0.3 is 15.8 Å². The quantitative estimate of drug-likeness (QED) is 0.738. The van der Waals surface area contributed by atoms with Crippen molar-refractivity contribution >= 4 is 23.0 Å². The van der Waals surface area contributed by atoms with Crippen LogP contribution >= 0.6 is 11.6 Å². The van der Waals surface area contributed by atoms with Gasteiger partial charge in [0, 0.05) is 5.02 Å². The predicted molar refractivity (Wildman–Crippen MR) is 58.8 cm³/mol. The van der Waals surface area contributed by atoms with E-state index in [9.17, 15) is 0 Å². The molecule has 0 unspecified atom stereocenters. The third-order valence-electron chi connectivity index (χ3n) is 2.33. The third-order valence-corrected chi connectivity index (χ3v) is 2.74. The van der Waals surface area contributed by atoms with E-state index in [2.05, 4.69) is 5.32 Å².